The fourth-order valence-electron chi connectivity index (χ4n) is 5.44. The van der Waals surface area contributed by atoms with Crippen molar-refractivity contribution in [1.29, 1.82) is 0 Å². The predicted octanol–water partition coefficient (Wildman–Crippen LogP) is 4.73. The minimum Gasteiger partial charge on any atom is -0.389 e. The topological polar surface area (TPSA) is 46.9 Å². The minimum atomic E-state index is -1.24. The van der Waals surface area contributed by atoms with Crippen LogP contribution in [-0.2, 0) is 6.42 Å². The quantitative estimate of drug-likeness (QED) is 0.579. The summed E-state index contributed by atoms with van der Waals surface area (Å²) in [6, 6.07) is 8.28. The number of rotatable bonds is 8. The molecular weight excluding hydrogens is 422 g/mol. The van der Waals surface area contributed by atoms with Crippen LogP contribution in [0.2, 0.25) is 0 Å². The molecule has 1 heterocycles. The first kappa shape index (κ1) is 28.2. The molecule has 2 aliphatic rings. The maximum Gasteiger partial charge on any atom is 0.109 e. The zero-order valence-corrected chi connectivity index (χ0v) is 21.4. The summed E-state index contributed by atoms with van der Waals surface area (Å²) in [5.41, 5.74) is -0.458. The summed E-state index contributed by atoms with van der Waals surface area (Å²) in [4.78, 5) is 4.79. The Bertz CT molecular complexity index is 701. The van der Waals surface area contributed by atoms with E-state index >= 15 is 0 Å². The highest BCUT2D eigenvalue weighted by atomic mass is 19.1. The molecule has 1 aromatic carbocycles. The highest BCUT2D eigenvalue weighted by Gasteiger charge is 2.40. The number of alkyl halides is 2. The Balaban J connectivity index is 0.00000187. The van der Waals surface area contributed by atoms with Crippen LogP contribution in [0.15, 0.2) is 24.3 Å². The van der Waals surface area contributed by atoms with Crippen LogP contribution in [0.5, 0.6) is 0 Å². The Kier molecular flexibility index (Phi) is 10.3. The van der Waals surface area contributed by atoms with Crippen molar-refractivity contribution in [3.8, 4) is 0 Å². The summed E-state index contributed by atoms with van der Waals surface area (Å²) >= 11 is 0. The van der Waals surface area contributed by atoms with E-state index in [2.05, 4.69) is 21.9 Å². The first-order valence-corrected chi connectivity index (χ1v) is 12.5. The monoisotopic (exact) mass is 468 g/mol. The lowest BCUT2D eigenvalue weighted by atomic mass is 9.72. The van der Waals surface area contributed by atoms with E-state index in [-0.39, 0.29) is 5.92 Å². The van der Waals surface area contributed by atoms with Gasteiger partial charge in [0.2, 0.25) is 0 Å². The fraction of sp³-hybridized carbons (Fsp3) is 0.778. The molecule has 1 unspecified atom stereocenters. The molecular formula is C27H46F2N2O2. The third kappa shape index (κ3) is 9.23. The van der Waals surface area contributed by atoms with E-state index < -0.39 is 16.9 Å². The minimum absolute atomic E-state index is 0.0382. The average Bonchev–Trinajstić information content (AvgIpc) is 2.73. The summed E-state index contributed by atoms with van der Waals surface area (Å²) in [5.74, 6) is 0.0382. The molecule has 0 bridgehead atoms. The van der Waals surface area contributed by atoms with Crippen LogP contribution < -0.4 is 0 Å². The summed E-state index contributed by atoms with van der Waals surface area (Å²) in [7, 11) is 0.500. The van der Waals surface area contributed by atoms with Gasteiger partial charge < -0.3 is 15.1 Å². The molecule has 1 atom stereocenters. The van der Waals surface area contributed by atoms with Gasteiger partial charge >= 0.3 is 0 Å². The molecule has 0 spiro atoms. The second-order valence-corrected chi connectivity index (χ2v) is 11.2. The van der Waals surface area contributed by atoms with Crippen LogP contribution in [-0.4, -0.2) is 83.3 Å². The number of aliphatic hydroxyl groups is 2. The van der Waals surface area contributed by atoms with Crippen LogP contribution in [0.25, 0.3) is 0 Å². The molecule has 1 aromatic rings. The van der Waals surface area contributed by atoms with E-state index in [9.17, 15) is 19.0 Å². The number of halogens is 2. The molecule has 1 aliphatic heterocycles. The molecule has 1 saturated carbocycles. The van der Waals surface area contributed by atoms with E-state index in [1.165, 1.54) is 6.42 Å². The number of β-amino-alcohol motifs (C(OH)–C–C–N with tert-alkyl or cyclic N) is 1. The van der Waals surface area contributed by atoms with E-state index in [0.717, 1.165) is 69.5 Å². The van der Waals surface area contributed by atoms with Crippen molar-refractivity contribution in [2.45, 2.75) is 89.0 Å². The third-order valence-electron chi connectivity index (χ3n) is 6.86. The zero-order chi connectivity index (χ0) is 24.7. The Morgan fingerprint density at radius 2 is 1.55 bits per heavy atom. The van der Waals surface area contributed by atoms with Gasteiger partial charge in [0.15, 0.2) is 0 Å². The van der Waals surface area contributed by atoms with Crippen molar-refractivity contribution >= 4 is 0 Å². The molecule has 3 rings (SSSR count). The molecule has 2 fully saturated rings. The zero-order valence-electron chi connectivity index (χ0n) is 21.4. The maximum atomic E-state index is 14.3. The van der Waals surface area contributed by atoms with Crippen LogP contribution in [0.3, 0.4) is 0 Å². The summed E-state index contributed by atoms with van der Waals surface area (Å²) in [6.07, 6.45) is 5.42. The Hall–Kier alpha value is -1.08. The van der Waals surface area contributed by atoms with Crippen molar-refractivity contribution in [3.05, 3.63) is 35.4 Å². The van der Waals surface area contributed by atoms with Gasteiger partial charge in [-0.1, -0.05) is 43.5 Å². The molecule has 4 nitrogen and oxygen atoms in total. The van der Waals surface area contributed by atoms with Gasteiger partial charge in [-0.05, 0) is 51.7 Å². The number of hydrogen-bond donors (Lipinski definition) is 2. The van der Waals surface area contributed by atoms with E-state index in [1.807, 2.05) is 26.0 Å². The third-order valence-corrected chi connectivity index (χ3v) is 6.86. The van der Waals surface area contributed by atoms with Gasteiger partial charge in [0, 0.05) is 51.6 Å². The lowest BCUT2D eigenvalue weighted by molar-refractivity contribution is -0.0369. The first-order chi connectivity index (χ1) is 15.4. The second kappa shape index (κ2) is 12.1. The smallest absolute Gasteiger partial charge is 0.109 e. The van der Waals surface area contributed by atoms with Gasteiger partial charge in [0.25, 0.3) is 0 Å². The molecule has 1 saturated heterocycles. The Morgan fingerprint density at radius 1 is 0.970 bits per heavy atom. The Morgan fingerprint density at radius 3 is 2.09 bits per heavy atom. The van der Waals surface area contributed by atoms with Gasteiger partial charge in [0.05, 0.1) is 18.4 Å². The molecule has 1 aliphatic carbocycles. The highest BCUT2D eigenvalue weighted by molar-refractivity contribution is 5.30. The number of piperazine rings is 1. The van der Waals surface area contributed by atoms with Crippen LogP contribution in [0, 0.1) is 0 Å². The van der Waals surface area contributed by atoms with Gasteiger partial charge in [-0.2, -0.15) is 0 Å². The normalized spacial score (nSPS) is 21.2. The maximum absolute atomic E-state index is 14.3. The molecule has 0 aromatic heterocycles. The standard InChI is InChI=1S/C26H43FN2O2.CH3F/c1-24(2,27)18-21-9-8-10-22(17-21)23(26(31)11-6-5-7-12-26)19-28-13-15-29(16-14-28)20-25(3,4)30;1-2/h8-10,17,23,30-31H,5-7,11-16,18-20H2,1-4H3;1H3. The summed E-state index contributed by atoms with van der Waals surface area (Å²) < 4.78 is 23.8. The Labute approximate surface area is 200 Å². The van der Waals surface area contributed by atoms with E-state index in [4.69, 9.17) is 0 Å². The summed E-state index contributed by atoms with van der Waals surface area (Å²) in [5, 5.41) is 21.8. The molecule has 33 heavy (non-hydrogen) atoms. The molecule has 6 heteroatoms. The molecule has 0 amide bonds. The second-order valence-electron chi connectivity index (χ2n) is 11.2. The molecule has 2 N–H and O–H groups in total. The van der Waals surface area contributed by atoms with Gasteiger partial charge in [0.1, 0.15) is 5.67 Å². The average molecular weight is 469 g/mol. The largest absolute Gasteiger partial charge is 0.389 e. The van der Waals surface area contributed by atoms with Crippen molar-refractivity contribution in [3.63, 3.8) is 0 Å². The fourth-order valence-corrected chi connectivity index (χ4v) is 5.44. The SMILES string of the molecule is CC(C)(O)CN1CCN(CC(c2cccc(CC(C)(C)F)c2)C2(O)CCCCC2)CC1.CF. The van der Waals surface area contributed by atoms with E-state index in [1.54, 1.807) is 13.8 Å². The summed E-state index contributed by atoms with van der Waals surface area (Å²) in [6.45, 7) is 12.2. The number of benzene rings is 1. The lowest BCUT2D eigenvalue weighted by Crippen LogP contribution is -2.53. The number of hydrogen-bond acceptors (Lipinski definition) is 4. The highest BCUT2D eigenvalue weighted by Crippen LogP contribution is 2.41. The van der Waals surface area contributed by atoms with Gasteiger partial charge in [-0.25, -0.2) is 4.39 Å². The predicted molar refractivity (Wildman–Crippen MR) is 132 cm³/mol. The van der Waals surface area contributed by atoms with Crippen molar-refractivity contribution < 1.29 is 19.0 Å². The van der Waals surface area contributed by atoms with Gasteiger partial charge in [-0.15, -0.1) is 0 Å². The van der Waals surface area contributed by atoms with Crippen LogP contribution in [0.1, 0.15) is 76.8 Å². The molecule has 190 valence electrons. The van der Waals surface area contributed by atoms with Crippen molar-refractivity contribution in [1.82, 2.24) is 9.80 Å². The lowest BCUT2D eigenvalue weighted by Gasteiger charge is -2.44. The van der Waals surface area contributed by atoms with E-state index in [0.29, 0.717) is 20.1 Å². The first-order valence-electron chi connectivity index (χ1n) is 12.5. The van der Waals surface area contributed by atoms with Crippen molar-refractivity contribution in [2.75, 3.05) is 46.4 Å². The van der Waals surface area contributed by atoms with Gasteiger partial charge in [-0.3, -0.25) is 9.29 Å². The van der Waals surface area contributed by atoms with Crippen LogP contribution >= 0.6 is 0 Å². The van der Waals surface area contributed by atoms with Crippen LogP contribution in [0.4, 0.5) is 8.78 Å². The molecule has 0 radical (unpaired) electrons. The number of nitrogens with zero attached hydrogens (tertiary/aromatic N) is 2. The van der Waals surface area contributed by atoms with Crippen molar-refractivity contribution in [2.24, 2.45) is 0 Å².